The van der Waals surface area contributed by atoms with E-state index in [0.29, 0.717) is 6.61 Å². The summed E-state index contributed by atoms with van der Waals surface area (Å²) in [6.45, 7) is 3.80. The predicted octanol–water partition coefficient (Wildman–Crippen LogP) is 6.22. The van der Waals surface area contributed by atoms with Gasteiger partial charge >= 0.3 is 0 Å². The van der Waals surface area contributed by atoms with E-state index in [4.69, 9.17) is 9.72 Å². The highest BCUT2D eigenvalue weighted by Gasteiger charge is 2.13. The fourth-order valence-corrected chi connectivity index (χ4v) is 4.15. The lowest BCUT2D eigenvalue weighted by Gasteiger charge is -2.12. The molecule has 5 heteroatoms. The first kappa shape index (κ1) is 21.6. The number of imidazole rings is 1. The van der Waals surface area contributed by atoms with E-state index in [1.165, 1.54) is 11.1 Å². The topological polar surface area (TPSA) is 41.1 Å². The van der Waals surface area contributed by atoms with Crippen molar-refractivity contribution in [1.29, 1.82) is 0 Å². The maximum absolute atomic E-state index is 6.12. The van der Waals surface area contributed by atoms with E-state index >= 15 is 0 Å². The molecule has 4 rings (SSSR count). The quantitative estimate of drug-likeness (QED) is 0.306. The largest absolute Gasteiger partial charge is 0.493 e. The van der Waals surface area contributed by atoms with Gasteiger partial charge < -0.3 is 14.6 Å². The van der Waals surface area contributed by atoms with Gasteiger partial charge in [-0.15, -0.1) is 0 Å². The molecular weight excluding hydrogens is 450 g/mol. The van der Waals surface area contributed by atoms with Crippen molar-refractivity contribution in [2.24, 2.45) is 0 Å². The van der Waals surface area contributed by atoms with Crippen LogP contribution in [0, 0.1) is 6.92 Å². The van der Waals surface area contributed by atoms with Crippen LogP contribution in [0.5, 0.6) is 5.75 Å². The average molecular weight is 478 g/mol. The summed E-state index contributed by atoms with van der Waals surface area (Å²) in [4.78, 5) is 10.7. The Morgan fingerprint density at radius 3 is 2.61 bits per heavy atom. The Balaban J connectivity index is 1.71. The van der Waals surface area contributed by atoms with Crippen LogP contribution < -0.4 is 4.74 Å². The molecule has 0 fully saturated rings. The molecule has 31 heavy (non-hydrogen) atoms. The molecule has 0 aliphatic heterocycles. The molecule has 0 aliphatic rings. The van der Waals surface area contributed by atoms with Crippen LogP contribution in [0.3, 0.4) is 0 Å². The molecule has 0 bridgehead atoms. The summed E-state index contributed by atoms with van der Waals surface area (Å²) in [7, 11) is 4.17. The van der Waals surface area contributed by atoms with Crippen molar-refractivity contribution in [2.75, 3.05) is 27.2 Å². The molecule has 0 radical (unpaired) electrons. The van der Waals surface area contributed by atoms with Gasteiger partial charge in [-0.25, -0.2) is 4.98 Å². The molecule has 160 valence electrons. The number of aromatic amines is 1. The highest BCUT2D eigenvalue weighted by molar-refractivity contribution is 9.10. The van der Waals surface area contributed by atoms with Gasteiger partial charge in [0.25, 0.3) is 0 Å². The number of rotatable bonds is 8. The van der Waals surface area contributed by atoms with Crippen molar-refractivity contribution in [1.82, 2.24) is 14.9 Å². The van der Waals surface area contributed by atoms with Gasteiger partial charge in [0.05, 0.1) is 17.6 Å². The van der Waals surface area contributed by atoms with Gasteiger partial charge in [-0.3, -0.25) is 0 Å². The van der Waals surface area contributed by atoms with Crippen LogP contribution in [0.4, 0.5) is 0 Å². The molecule has 0 amide bonds. The minimum atomic E-state index is 0.692. The Bertz CT molecular complexity index is 1180. The Morgan fingerprint density at radius 1 is 1.00 bits per heavy atom. The zero-order valence-corrected chi connectivity index (χ0v) is 19.9. The molecule has 0 unspecified atom stereocenters. The van der Waals surface area contributed by atoms with Crippen molar-refractivity contribution >= 4 is 27.0 Å². The summed E-state index contributed by atoms with van der Waals surface area (Å²) in [5.74, 6) is 1.77. The van der Waals surface area contributed by atoms with Gasteiger partial charge in [0.1, 0.15) is 11.6 Å². The second-order valence-electron chi connectivity index (χ2n) is 8.21. The van der Waals surface area contributed by atoms with E-state index in [-0.39, 0.29) is 0 Å². The number of H-pyrrole nitrogens is 1. The van der Waals surface area contributed by atoms with Gasteiger partial charge in [0, 0.05) is 29.1 Å². The van der Waals surface area contributed by atoms with Crippen LogP contribution in [0.15, 0.2) is 65.1 Å². The Kier molecular flexibility index (Phi) is 6.73. The molecule has 1 N–H and O–H groups in total. The number of aromatic nitrogens is 2. The van der Waals surface area contributed by atoms with Crippen LogP contribution in [-0.4, -0.2) is 42.1 Å². The van der Waals surface area contributed by atoms with E-state index in [1.54, 1.807) is 0 Å². The van der Waals surface area contributed by atoms with Crippen molar-refractivity contribution in [3.8, 4) is 17.1 Å². The maximum Gasteiger partial charge on any atom is 0.138 e. The summed E-state index contributed by atoms with van der Waals surface area (Å²) in [6.07, 6.45) is 1.77. The number of hydrogen-bond acceptors (Lipinski definition) is 3. The molecule has 4 aromatic rings. The highest BCUT2D eigenvalue weighted by atomic mass is 79.9. The SMILES string of the molecule is Cc1cccc(-c2nc3c(Cc4ccccc4Br)cc(OCCCN(C)C)cc3[nH]2)c1. The molecule has 3 aromatic carbocycles. The molecule has 0 aliphatic carbocycles. The van der Waals surface area contributed by atoms with Gasteiger partial charge in [0.15, 0.2) is 0 Å². The molecule has 1 aromatic heterocycles. The third-order valence-corrected chi connectivity index (χ3v) is 6.06. The van der Waals surface area contributed by atoms with Crippen molar-refractivity contribution in [2.45, 2.75) is 19.8 Å². The van der Waals surface area contributed by atoms with Crippen LogP contribution in [0.2, 0.25) is 0 Å². The van der Waals surface area contributed by atoms with Crippen molar-refractivity contribution < 1.29 is 4.74 Å². The summed E-state index contributed by atoms with van der Waals surface area (Å²) in [5.41, 5.74) is 6.69. The normalized spacial score (nSPS) is 11.4. The molecule has 0 saturated heterocycles. The Morgan fingerprint density at radius 2 is 1.84 bits per heavy atom. The van der Waals surface area contributed by atoms with Crippen LogP contribution in [-0.2, 0) is 6.42 Å². The van der Waals surface area contributed by atoms with Gasteiger partial charge in [-0.1, -0.05) is 57.9 Å². The number of nitrogens with zero attached hydrogens (tertiary/aromatic N) is 2. The third-order valence-electron chi connectivity index (χ3n) is 5.29. The maximum atomic E-state index is 6.12. The van der Waals surface area contributed by atoms with Crippen LogP contribution in [0.25, 0.3) is 22.4 Å². The number of aryl methyl sites for hydroxylation is 1. The molecule has 0 atom stereocenters. The smallest absolute Gasteiger partial charge is 0.138 e. The Hall–Kier alpha value is -2.63. The van der Waals surface area contributed by atoms with Gasteiger partial charge in [-0.2, -0.15) is 0 Å². The van der Waals surface area contributed by atoms with Gasteiger partial charge in [0.2, 0.25) is 0 Å². The standard InChI is InChI=1S/C26H28BrN3O/c1-18-8-6-10-20(14-18)26-28-24-17-22(31-13-7-12-30(2)3)16-21(25(24)29-26)15-19-9-4-5-11-23(19)27/h4-6,8-11,14,16-17H,7,12-13,15H2,1-3H3,(H,28,29). The van der Waals surface area contributed by atoms with E-state index in [2.05, 4.69) is 101 Å². The van der Waals surface area contributed by atoms with E-state index in [0.717, 1.165) is 57.6 Å². The van der Waals surface area contributed by atoms with Crippen LogP contribution in [0.1, 0.15) is 23.1 Å². The molecule has 1 heterocycles. The first-order valence-corrected chi connectivity index (χ1v) is 11.4. The van der Waals surface area contributed by atoms with E-state index < -0.39 is 0 Å². The predicted molar refractivity (Wildman–Crippen MR) is 132 cm³/mol. The zero-order chi connectivity index (χ0) is 21.8. The number of hydrogen-bond donors (Lipinski definition) is 1. The van der Waals surface area contributed by atoms with Crippen molar-refractivity contribution in [3.63, 3.8) is 0 Å². The lowest BCUT2D eigenvalue weighted by molar-refractivity contribution is 0.281. The molecule has 4 nitrogen and oxygen atoms in total. The zero-order valence-electron chi connectivity index (χ0n) is 18.3. The Labute approximate surface area is 192 Å². The monoisotopic (exact) mass is 477 g/mol. The second kappa shape index (κ2) is 9.67. The first-order valence-electron chi connectivity index (χ1n) is 10.6. The molecular formula is C26H28BrN3O. The number of ether oxygens (including phenoxy) is 1. The lowest BCUT2D eigenvalue weighted by Crippen LogP contribution is -2.15. The van der Waals surface area contributed by atoms with E-state index in [9.17, 15) is 0 Å². The number of fused-ring (bicyclic) bond motifs is 1. The fraction of sp³-hybridized carbons (Fsp3) is 0.269. The number of benzene rings is 3. The summed E-state index contributed by atoms with van der Waals surface area (Å²) in [6, 6.07) is 21.0. The number of nitrogens with one attached hydrogen (secondary N) is 1. The molecule has 0 saturated carbocycles. The summed E-state index contributed by atoms with van der Waals surface area (Å²) >= 11 is 3.69. The highest BCUT2D eigenvalue weighted by Crippen LogP contribution is 2.30. The minimum absolute atomic E-state index is 0.692. The average Bonchev–Trinajstić information content (AvgIpc) is 3.17. The number of halogens is 1. The second-order valence-corrected chi connectivity index (χ2v) is 9.06. The van der Waals surface area contributed by atoms with Gasteiger partial charge in [-0.05, 0) is 56.8 Å². The first-order chi connectivity index (χ1) is 15.0. The van der Waals surface area contributed by atoms with Crippen molar-refractivity contribution in [3.05, 3.63) is 81.8 Å². The third kappa shape index (κ3) is 5.35. The molecule has 0 spiro atoms. The lowest BCUT2D eigenvalue weighted by atomic mass is 10.0. The van der Waals surface area contributed by atoms with Crippen LogP contribution >= 0.6 is 15.9 Å². The summed E-state index contributed by atoms with van der Waals surface area (Å²) < 4.78 is 7.23. The minimum Gasteiger partial charge on any atom is -0.493 e. The van der Waals surface area contributed by atoms with E-state index in [1.807, 2.05) is 6.07 Å². The summed E-state index contributed by atoms with van der Waals surface area (Å²) in [5, 5.41) is 0. The fourth-order valence-electron chi connectivity index (χ4n) is 3.72.